The zero-order chi connectivity index (χ0) is 29.8. The molecule has 0 aliphatic carbocycles. The van der Waals surface area contributed by atoms with Crippen LogP contribution in [0.1, 0.15) is 64.0 Å². The molecule has 8 nitrogen and oxygen atoms in total. The molecule has 3 aromatic rings. The second-order valence-corrected chi connectivity index (χ2v) is 15.0. The van der Waals surface area contributed by atoms with Crippen molar-refractivity contribution in [3.63, 3.8) is 0 Å². The zero-order valence-corrected chi connectivity index (χ0v) is 26.6. The number of primary amides is 1. The molecule has 2 heterocycles. The van der Waals surface area contributed by atoms with Crippen LogP contribution in [-0.4, -0.2) is 47.7 Å². The summed E-state index contributed by atoms with van der Waals surface area (Å²) in [6.07, 6.45) is -0.874. The molecule has 4 rings (SSSR count). The van der Waals surface area contributed by atoms with Gasteiger partial charge in [-0.15, -0.1) is 0 Å². The number of carbonyl (C=O) groups excluding carboxylic acids is 1. The summed E-state index contributed by atoms with van der Waals surface area (Å²) in [6, 6.07) is 13.6. The summed E-state index contributed by atoms with van der Waals surface area (Å²) in [4.78, 5) is 17.6. The van der Waals surface area contributed by atoms with Gasteiger partial charge in [-0.3, -0.25) is 4.79 Å². The minimum Gasteiger partial charge on any atom is -0.494 e. The molecule has 0 saturated carbocycles. The van der Waals surface area contributed by atoms with Crippen molar-refractivity contribution in [1.82, 2.24) is 10.1 Å². The van der Waals surface area contributed by atoms with E-state index in [1.807, 2.05) is 71.0 Å². The van der Waals surface area contributed by atoms with Crippen molar-refractivity contribution in [2.45, 2.75) is 77.3 Å². The molecule has 1 aromatic heterocycles. The first-order valence-electron chi connectivity index (χ1n) is 14.0. The number of rotatable bonds is 10. The standard InChI is InChI=1S/C26H32N3O5PS.2C2H6/c1-18-6-11-22(19(2)17-18)24-28-23(34-29-24)5-4-14-33-20-7-9-21(10-8-20)36-35(3,31)26(25(27)30)12-15-32-16-13-26;2*1-2/h6-11,17H,4-5,12-16H2,1-3H3,(H2,27,30);2*1-2H3. The second kappa shape index (κ2) is 16.0. The van der Waals surface area contributed by atoms with E-state index in [9.17, 15) is 9.36 Å². The Labute approximate surface area is 242 Å². The summed E-state index contributed by atoms with van der Waals surface area (Å²) in [5.74, 6) is 1.38. The van der Waals surface area contributed by atoms with Crippen LogP contribution in [0.4, 0.5) is 0 Å². The number of hydrogen-bond donors (Lipinski definition) is 1. The van der Waals surface area contributed by atoms with E-state index in [0.29, 0.717) is 56.5 Å². The number of aromatic nitrogens is 2. The van der Waals surface area contributed by atoms with Gasteiger partial charge in [-0.25, -0.2) is 0 Å². The van der Waals surface area contributed by atoms with Gasteiger partial charge >= 0.3 is 0 Å². The Hall–Kier alpha value is -2.61. The van der Waals surface area contributed by atoms with Crippen LogP contribution < -0.4 is 10.5 Å². The van der Waals surface area contributed by atoms with Crippen LogP contribution in [-0.2, 0) is 20.5 Å². The van der Waals surface area contributed by atoms with E-state index < -0.39 is 17.4 Å². The third-order valence-corrected chi connectivity index (χ3v) is 12.3. The lowest BCUT2D eigenvalue weighted by Gasteiger charge is -2.38. The molecule has 40 heavy (non-hydrogen) atoms. The Balaban J connectivity index is 0.00000134. The number of amides is 1. The van der Waals surface area contributed by atoms with Crippen molar-refractivity contribution >= 4 is 23.6 Å². The Kier molecular flexibility index (Phi) is 13.4. The molecular weight excluding hydrogens is 545 g/mol. The molecule has 0 radical (unpaired) electrons. The summed E-state index contributed by atoms with van der Waals surface area (Å²) >= 11 is 1.23. The van der Waals surface area contributed by atoms with Gasteiger partial charge in [0.15, 0.2) is 6.34 Å². The van der Waals surface area contributed by atoms with Gasteiger partial charge in [0.2, 0.25) is 17.6 Å². The fraction of sp³-hybridized carbons (Fsp3) is 0.500. The minimum absolute atomic E-state index is 0.385. The first-order chi connectivity index (χ1) is 19.2. The highest BCUT2D eigenvalue weighted by molar-refractivity contribution is 8.58. The maximum Gasteiger partial charge on any atom is 0.232 e. The SMILES string of the molecule is CC.CC.Cc1ccc(-c2noc(CCCOc3ccc(SP(C)(=O)C4(C(N)=O)CCOCC4)cc3)n2)c(C)c1. The lowest BCUT2D eigenvalue weighted by molar-refractivity contribution is -0.122. The van der Waals surface area contributed by atoms with E-state index >= 15 is 0 Å². The smallest absolute Gasteiger partial charge is 0.232 e. The first kappa shape index (κ1) is 33.6. The van der Waals surface area contributed by atoms with Crippen molar-refractivity contribution in [2.75, 3.05) is 26.5 Å². The van der Waals surface area contributed by atoms with E-state index in [1.165, 1.54) is 16.9 Å². The highest BCUT2D eigenvalue weighted by Crippen LogP contribution is 2.70. The topological polar surface area (TPSA) is 118 Å². The minimum atomic E-state index is -2.98. The lowest BCUT2D eigenvalue weighted by atomic mass is 9.98. The summed E-state index contributed by atoms with van der Waals surface area (Å²) in [5.41, 5.74) is 8.99. The highest BCUT2D eigenvalue weighted by atomic mass is 32.7. The monoisotopic (exact) mass is 589 g/mol. The molecule has 1 saturated heterocycles. The largest absolute Gasteiger partial charge is 0.494 e. The summed E-state index contributed by atoms with van der Waals surface area (Å²) in [6.45, 7) is 15.0. The van der Waals surface area contributed by atoms with Crippen molar-refractivity contribution < 1.29 is 23.4 Å². The first-order valence-corrected chi connectivity index (χ1v) is 17.6. The molecule has 1 aliphatic heterocycles. The van der Waals surface area contributed by atoms with Crippen LogP contribution >= 0.6 is 17.7 Å². The van der Waals surface area contributed by atoms with Gasteiger partial charge in [-0.05, 0) is 69.6 Å². The van der Waals surface area contributed by atoms with Crippen LogP contribution in [0.25, 0.3) is 11.4 Å². The van der Waals surface area contributed by atoms with Crippen molar-refractivity contribution in [3.05, 3.63) is 59.5 Å². The number of carbonyl (C=O) groups is 1. The summed E-state index contributed by atoms with van der Waals surface area (Å²) < 4.78 is 30.2. The van der Waals surface area contributed by atoms with E-state index in [1.54, 1.807) is 6.66 Å². The zero-order valence-electron chi connectivity index (χ0n) is 24.9. The number of nitrogens with zero attached hydrogens (tertiary/aromatic N) is 2. The maximum atomic E-state index is 13.6. The average Bonchev–Trinajstić information content (AvgIpc) is 3.43. The van der Waals surface area contributed by atoms with Crippen LogP contribution in [0.15, 0.2) is 51.9 Å². The number of ether oxygens (including phenoxy) is 2. The highest BCUT2D eigenvalue weighted by Gasteiger charge is 2.51. The van der Waals surface area contributed by atoms with Crippen LogP contribution in [0.3, 0.4) is 0 Å². The molecule has 1 unspecified atom stereocenters. The van der Waals surface area contributed by atoms with Crippen LogP contribution in [0.2, 0.25) is 0 Å². The average molecular weight is 590 g/mol. The molecule has 1 atom stereocenters. The number of benzene rings is 2. The fourth-order valence-electron chi connectivity index (χ4n) is 4.39. The number of nitrogens with two attached hydrogens (primary N) is 1. The third-order valence-electron chi connectivity index (χ3n) is 6.55. The number of hydrogen-bond acceptors (Lipinski definition) is 8. The van der Waals surface area contributed by atoms with Gasteiger partial charge in [0.05, 0.1) is 6.61 Å². The quantitative estimate of drug-likeness (QED) is 0.191. The maximum absolute atomic E-state index is 13.6. The molecule has 10 heteroatoms. The summed E-state index contributed by atoms with van der Waals surface area (Å²) in [7, 11) is 0. The molecule has 1 amide bonds. The molecular formula is C30H44N3O5PS. The Morgan fingerprint density at radius 3 is 2.33 bits per heavy atom. The van der Waals surface area contributed by atoms with E-state index in [2.05, 4.69) is 23.1 Å². The Morgan fingerprint density at radius 1 is 1.07 bits per heavy atom. The predicted octanol–water partition coefficient (Wildman–Crippen LogP) is 7.45. The molecule has 1 fully saturated rings. The van der Waals surface area contributed by atoms with Gasteiger partial charge in [0.25, 0.3) is 0 Å². The third kappa shape index (κ3) is 8.45. The Morgan fingerprint density at radius 2 is 1.73 bits per heavy atom. The van der Waals surface area contributed by atoms with Gasteiger partial charge in [-0.2, -0.15) is 4.98 Å². The van der Waals surface area contributed by atoms with Crippen molar-refractivity contribution in [1.29, 1.82) is 0 Å². The molecule has 220 valence electrons. The molecule has 0 spiro atoms. The predicted molar refractivity (Wildman–Crippen MR) is 164 cm³/mol. The Bertz CT molecular complexity index is 1260. The lowest BCUT2D eigenvalue weighted by Crippen LogP contribution is -2.47. The van der Waals surface area contributed by atoms with E-state index in [4.69, 9.17) is 19.7 Å². The van der Waals surface area contributed by atoms with Gasteiger partial charge < -0.3 is 24.3 Å². The number of aryl methyl sites for hydroxylation is 3. The molecule has 2 N–H and O–H groups in total. The van der Waals surface area contributed by atoms with Crippen molar-refractivity contribution in [3.8, 4) is 17.1 Å². The second-order valence-electron chi connectivity index (χ2n) is 9.20. The van der Waals surface area contributed by atoms with Gasteiger partial charge in [0, 0.05) is 30.1 Å². The van der Waals surface area contributed by atoms with E-state index in [0.717, 1.165) is 22.4 Å². The normalized spacial score (nSPS) is 15.5. The molecule has 0 bridgehead atoms. The van der Waals surface area contributed by atoms with E-state index in [-0.39, 0.29) is 0 Å². The molecule has 1 aliphatic rings. The fourth-order valence-corrected chi connectivity index (χ4v) is 9.53. The van der Waals surface area contributed by atoms with Crippen molar-refractivity contribution in [2.24, 2.45) is 5.73 Å². The summed E-state index contributed by atoms with van der Waals surface area (Å²) in [5, 5.41) is 3.08. The van der Waals surface area contributed by atoms with Crippen LogP contribution in [0.5, 0.6) is 5.75 Å². The van der Waals surface area contributed by atoms with Gasteiger partial charge in [-0.1, -0.05) is 68.0 Å². The molecule has 2 aromatic carbocycles. The van der Waals surface area contributed by atoms with Crippen LogP contribution in [0, 0.1) is 13.8 Å². The van der Waals surface area contributed by atoms with Gasteiger partial charge in [0.1, 0.15) is 10.9 Å².